The highest BCUT2D eigenvalue weighted by Crippen LogP contribution is 2.24. The fraction of sp³-hybridized carbons (Fsp3) is 0.600. The Morgan fingerprint density at radius 2 is 1.76 bits per heavy atom. The predicted molar refractivity (Wildman–Crippen MR) is 73.8 cm³/mol. The first-order valence-corrected chi connectivity index (χ1v) is 6.40. The second-order valence-corrected chi connectivity index (χ2v) is 5.54. The van der Waals surface area contributed by atoms with E-state index in [0.29, 0.717) is 12.6 Å². The largest absolute Gasteiger partial charge is 0.492 e. The molecule has 0 bridgehead atoms. The van der Waals surface area contributed by atoms with E-state index in [1.165, 1.54) is 5.56 Å². The van der Waals surface area contributed by atoms with E-state index in [1.807, 2.05) is 0 Å². The highest BCUT2D eigenvalue weighted by molar-refractivity contribution is 5.31. The Labute approximate surface area is 105 Å². The maximum Gasteiger partial charge on any atom is 0.119 e. The summed E-state index contributed by atoms with van der Waals surface area (Å²) in [5, 5.41) is 3.33. The van der Waals surface area contributed by atoms with Crippen molar-refractivity contribution in [1.29, 1.82) is 0 Å². The molecular formula is C15H25NO. The normalized spacial score (nSPS) is 13.5. The van der Waals surface area contributed by atoms with Crippen molar-refractivity contribution in [3.8, 4) is 5.75 Å². The van der Waals surface area contributed by atoms with E-state index in [2.05, 4.69) is 64.2 Å². The second kappa shape index (κ2) is 6.06. The smallest absolute Gasteiger partial charge is 0.119 e. The van der Waals surface area contributed by atoms with Crippen LogP contribution in [0.2, 0.25) is 0 Å². The van der Waals surface area contributed by atoms with Gasteiger partial charge in [0, 0.05) is 6.04 Å². The molecule has 17 heavy (non-hydrogen) atoms. The molecule has 2 nitrogen and oxygen atoms in total. The van der Waals surface area contributed by atoms with E-state index in [4.69, 9.17) is 4.74 Å². The van der Waals surface area contributed by atoms with Crippen molar-refractivity contribution < 1.29 is 4.74 Å². The molecule has 0 amide bonds. The van der Waals surface area contributed by atoms with Gasteiger partial charge in [-0.05, 0) is 36.6 Å². The van der Waals surface area contributed by atoms with Gasteiger partial charge in [0.25, 0.3) is 0 Å². The molecule has 96 valence electrons. The Morgan fingerprint density at radius 3 is 2.24 bits per heavy atom. The number of benzene rings is 1. The third-order valence-electron chi connectivity index (χ3n) is 2.77. The van der Waals surface area contributed by atoms with Crippen LogP contribution < -0.4 is 10.1 Å². The van der Waals surface area contributed by atoms with Crippen LogP contribution in [0.3, 0.4) is 0 Å². The molecule has 1 unspecified atom stereocenters. The van der Waals surface area contributed by atoms with Crippen LogP contribution in [-0.2, 0) is 5.41 Å². The zero-order valence-corrected chi connectivity index (χ0v) is 11.7. The maximum atomic E-state index is 5.73. The van der Waals surface area contributed by atoms with Crippen molar-refractivity contribution in [1.82, 2.24) is 5.32 Å². The number of hydrogen-bond acceptors (Lipinski definition) is 2. The summed E-state index contributed by atoms with van der Waals surface area (Å²) in [6, 6.07) is 8.79. The zero-order chi connectivity index (χ0) is 12.9. The van der Waals surface area contributed by atoms with Crippen LogP contribution in [0.25, 0.3) is 0 Å². The number of hydrogen-bond donors (Lipinski definition) is 1. The molecule has 0 aliphatic carbocycles. The third kappa shape index (κ3) is 4.78. The Kier molecular flexibility index (Phi) is 5.01. The standard InChI is InChI=1S/C15H25NO/c1-6-16-12(2)11-17-14-9-7-13(8-10-14)15(3,4)5/h7-10,12,16H,6,11H2,1-5H3. The molecule has 1 atom stereocenters. The van der Waals surface area contributed by atoms with Crippen LogP contribution in [-0.4, -0.2) is 19.2 Å². The average Bonchev–Trinajstić information content (AvgIpc) is 2.26. The number of nitrogens with one attached hydrogen (secondary N) is 1. The van der Waals surface area contributed by atoms with E-state index < -0.39 is 0 Å². The number of rotatable bonds is 5. The minimum atomic E-state index is 0.204. The highest BCUT2D eigenvalue weighted by atomic mass is 16.5. The summed E-state index contributed by atoms with van der Waals surface area (Å²) in [6.07, 6.45) is 0. The van der Waals surface area contributed by atoms with Gasteiger partial charge in [0.05, 0.1) is 0 Å². The van der Waals surface area contributed by atoms with Crippen molar-refractivity contribution in [3.05, 3.63) is 29.8 Å². The van der Waals surface area contributed by atoms with E-state index in [0.717, 1.165) is 12.3 Å². The molecule has 1 rings (SSSR count). The van der Waals surface area contributed by atoms with Crippen molar-refractivity contribution in [2.24, 2.45) is 0 Å². The monoisotopic (exact) mass is 235 g/mol. The molecule has 0 aliphatic rings. The Balaban J connectivity index is 2.51. The lowest BCUT2D eigenvalue weighted by Crippen LogP contribution is -2.31. The predicted octanol–water partition coefficient (Wildman–Crippen LogP) is 3.36. The minimum absolute atomic E-state index is 0.204. The maximum absolute atomic E-state index is 5.73. The van der Waals surface area contributed by atoms with Gasteiger partial charge in [-0.15, -0.1) is 0 Å². The van der Waals surface area contributed by atoms with Crippen molar-refractivity contribution in [2.45, 2.75) is 46.1 Å². The second-order valence-electron chi connectivity index (χ2n) is 5.54. The molecule has 1 aromatic carbocycles. The van der Waals surface area contributed by atoms with E-state index >= 15 is 0 Å². The van der Waals surface area contributed by atoms with Crippen LogP contribution in [0, 0.1) is 0 Å². The summed E-state index contributed by atoms with van der Waals surface area (Å²) in [5.74, 6) is 0.947. The quantitative estimate of drug-likeness (QED) is 0.845. The average molecular weight is 235 g/mol. The molecule has 0 saturated carbocycles. The van der Waals surface area contributed by atoms with Gasteiger partial charge in [0.15, 0.2) is 0 Å². The van der Waals surface area contributed by atoms with Gasteiger partial charge in [-0.1, -0.05) is 39.8 Å². The summed E-state index contributed by atoms with van der Waals surface area (Å²) >= 11 is 0. The van der Waals surface area contributed by atoms with Gasteiger partial charge in [-0.3, -0.25) is 0 Å². The molecule has 0 radical (unpaired) electrons. The van der Waals surface area contributed by atoms with Crippen molar-refractivity contribution in [3.63, 3.8) is 0 Å². The van der Waals surface area contributed by atoms with Crippen LogP contribution in [0.15, 0.2) is 24.3 Å². The molecule has 0 fully saturated rings. The SMILES string of the molecule is CCNC(C)COc1ccc(C(C)(C)C)cc1. The van der Waals surface area contributed by atoms with Gasteiger partial charge in [0.2, 0.25) is 0 Å². The van der Waals surface area contributed by atoms with Crippen molar-refractivity contribution >= 4 is 0 Å². The van der Waals surface area contributed by atoms with Gasteiger partial charge in [0.1, 0.15) is 12.4 Å². The third-order valence-corrected chi connectivity index (χ3v) is 2.77. The molecule has 1 N–H and O–H groups in total. The summed E-state index contributed by atoms with van der Waals surface area (Å²) in [5.41, 5.74) is 1.54. The number of likely N-dealkylation sites (N-methyl/N-ethyl adjacent to an activating group) is 1. The lowest BCUT2D eigenvalue weighted by atomic mass is 9.87. The van der Waals surface area contributed by atoms with Gasteiger partial charge in [-0.25, -0.2) is 0 Å². The summed E-state index contributed by atoms with van der Waals surface area (Å²) in [6.45, 7) is 12.6. The van der Waals surface area contributed by atoms with Gasteiger partial charge in [-0.2, -0.15) is 0 Å². The molecule has 1 aromatic rings. The first-order valence-electron chi connectivity index (χ1n) is 6.40. The van der Waals surface area contributed by atoms with E-state index in [1.54, 1.807) is 0 Å². The molecule has 0 spiro atoms. The van der Waals surface area contributed by atoms with Crippen LogP contribution in [0.5, 0.6) is 5.75 Å². The Morgan fingerprint density at radius 1 is 1.18 bits per heavy atom. The molecule has 0 heterocycles. The summed E-state index contributed by atoms with van der Waals surface area (Å²) in [4.78, 5) is 0. The fourth-order valence-corrected chi connectivity index (χ4v) is 1.68. The highest BCUT2D eigenvalue weighted by Gasteiger charge is 2.13. The molecule has 0 aromatic heterocycles. The fourth-order valence-electron chi connectivity index (χ4n) is 1.68. The van der Waals surface area contributed by atoms with E-state index in [-0.39, 0.29) is 5.41 Å². The topological polar surface area (TPSA) is 21.3 Å². The lowest BCUT2D eigenvalue weighted by Gasteiger charge is -2.19. The first-order chi connectivity index (χ1) is 7.93. The molecular weight excluding hydrogens is 210 g/mol. The molecule has 0 aliphatic heterocycles. The number of ether oxygens (including phenoxy) is 1. The van der Waals surface area contributed by atoms with Crippen LogP contribution in [0.1, 0.15) is 40.2 Å². The van der Waals surface area contributed by atoms with E-state index in [9.17, 15) is 0 Å². The van der Waals surface area contributed by atoms with Gasteiger partial charge < -0.3 is 10.1 Å². The lowest BCUT2D eigenvalue weighted by molar-refractivity contribution is 0.275. The summed E-state index contributed by atoms with van der Waals surface area (Å²) < 4.78 is 5.73. The zero-order valence-electron chi connectivity index (χ0n) is 11.7. The van der Waals surface area contributed by atoms with Crippen molar-refractivity contribution in [2.75, 3.05) is 13.2 Å². The summed E-state index contributed by atoms with van der Waals surface area (Å²) in [7, 11) is 0. The van der Waals surface area contributed by atoms with Gasteiger partial charge >= 0.3 is 0 Å². The Hall–Kier alpha value is -1.02. The van der Waals surface area contributed by atoms with Crippen LogP contribution >= 0.6 is 0 Å². The first kappa shape index (κ1) is 14.0. The molecule has 0 saturated heterocycles. The Bertz CT molecular complexity index is 324. The van der Waals surface area contributed by atoms with Crippen LogP contribution in [0.4, 0.5) is 0 Å². The molecule has 2 heteroatoms. The minimum Gasteiger partial charge on any atom is -0.492 e.